The fourth-order valence-electron chi connectivity index (χ4n) is 4.94. The smallest absolute Gasteiger partial charge is 0.277 e. The number of nitrogens with zero attached hydrogens (tertiary/aromatic N) is 6. The Morgan fingerprint density at radius 3 is 2.32 bits per heavy atom. The first-order chi connectivity index (χ1) is 18.2. The van der Waals surface area contributed by atoms with Crippen LogP contribution in [0, 0.1) is 0 Å². The molecule has 37 heavy (non-hydrogen) atoms. The minimum absolute atomic E-state index is 0.217. The van der Waals surface area contributed by atoms with E-state index < -0.39 is 0 Å². The van der Waals surface area contributed by atoms with Gasteiger partial charge in [-0.3, -0.25) is 14.6 Å². The highest BCUT2D eigenvalue weighted by atomic mass is 16.5. The summed E-state index contributed by atoms with van der Waals surface area (Å²) < 4.78 is 5.97. The summed E-state index contributed by atoms with van der Waals surface area (Å²) in [7, 11) is 0. The van der Waals surface area contributed by atoms with E-state index >= 15 is 0 Å². The highest BCUT2D eigenvalue weighted by Crippen LogP contribution is 2.26. The summed E-state index contributed by atoms with van der Waals surface area (Å²) in [6.45, 7) is 8.22. The maximum absolute atomic E-state index is 12.6. The van der Waals surface area contributed by atoms with Crippen molar-refractivity contribution in [2.75, 3.05) is 75.8 Å². The third kappa shape index (κ3) is 6.54. The summed E-state index contributed by atoms with van der Waals surface area (Å²) in [4.78, 5) is 28.9. The van der Waals surface area contributed by atoms with Gasteiger partial charge in [-0.05, 0) is 37.1 Å². The van der Waals surface area contributed by atoms with Gasteiger partial charge in [0.05, 0.1) is 12.8 Å². The van der Waals surface area contributed by atoms with Gasteiger partial charge in [-0.2, -0.15) is 10.1 Å². The number of aliphatic hydroxyl groups is 1. The Morgan fingerprint density at radius 1 is 0.919 bits per heavy atom. The number of H-pyrrole nitrogens is 1. The minimum atomic E-state index is -0.320. The average Bonchev–Trinajstić information content (AvgIpc) is 3.21. The summed E-state index contributed by atoms with van der Waals surface area (Å²) in [5.41, 5.74) is 1.02. The second kappa shape index (κ2) is 12.3. The van der Waals surface area contributed by atoms with Gasteiger partial charge in [0.15, 0.2) is 0 Å². The quantitative estimate of drug-likeness (QED) is 0.394. The molecule has 5 rings (SSSR count). The van der Waals surface area contributed by atoms with Crippen LogP contribution in [-0.4, -0.2) is 101 Å². The first-order valence-electron chi connectivity index (χ1n) is 13.3. The van der Waals surface area contributed by atoms with Crippen molar-refractivity contribution in [3.8, 4) is 5.75 Å². The molecule has 2 aromatic heterocycles. The maximum atomic E-state index is 12.6. The number of fused-ring (bicyclic) bond motifs is 1. The van der Waals surface area contributed by atoms with Crippen molar-refractivity contribution in [2.24, 2.45) is 0 Å². The molecule has 2 aliphatic rings. The van der Waals surface area contributed by atoms with Gasteiger partial charge in [0.1, 0.15) is 29.1 Å². The molecule has 198 valence electrons. The van der Waals surface area contributed by atoms with Gasteiger partial charge in [-0.15, -0.1) is 0 Å². The molecule has 0 atom stereocenters. The Hall–Kier alpha value is -3.28. The molecule has 0 spiro atoms. The second-order valence-corrected chi connectivity index (χ2v) is 9.64. The molecule has 4 heterocycles. The molecule has 3 aromatic rings. The number of β-amino-alcohol motifs (C(OH)–C–C–N with tert-alkyl or cyclic N) is 1. The Bertz CT molecular complexity index is 1200. The van der Waals surface area contributed by atoms with Crippen LogP contribution in [0.3, 0.4) is 0 Å². The van der Waals surface area contributed by atoms with Crippen molar-refractivity contribution in [3.63, 3.8) is 0 Å². The number of hydrogen-bond acceptors (Lipinski definition) is 10. The van der Waals surface area contributed by atoms with E-state index in [0.29, 0.717) is 29.3 Å². The molecule has 2 fully saturated rings. The lowest BCUT2D eigenvalue weighted by atomic mass is 10.2. The summed E-state index contributed by atoms with van der Waals surface area (Å²) in [5, 5.41) is 19.2. The van der Waals surface area contributed by atoms with E-state index in [-0.39, 0.29) is 12.2 Å². The molecule has 2 saturated heterocycles. The van der Waals surface area contributed by atoms with Gasteiger partial charge in [-0.1, -0.05) is 12.8 Å². The van der Waals surface area contributed by atoms with Crippen molar-refractivity contribution in [1.82, 2.24) is 30.0 Å². The van der Waals surface area contributed by atoms with Crippen LogP contribution in [0.5, 0.6) is 5.75 Å². The van der Waals surface area contributed by atoms with E-state index in [2.05, 4.69) is 35.2 Å². The van der Waals surface area contributed by atoms with Crippen LogP contribution < -0.4 is 20.5 Å². The molecule has 1 aromatic carbocycles. The number of aliphatic hydroxyl groups excluding tert-OH is 1. The van der Waals surface area contributed by atoms with Crippen molar-refractivity contribution in [2.45, 2.75) is 25.7 Å². The largest absolute Gasteiger partial charge is 0.492 e. The number of benzene rings is 1. The van der Waals surface area contributed by atoms with E-state index in [1.54, 1.807) is 6.20 Å². The molecular formula is C26H36N8O3. The van der Waals surface area contributed by atoms with Gasteiger partial charge in [0.2, 0.25) is 5.95 Å². The molecule has 0 saturated carbocycles. The summed E-state index contributed by atoms with van der Waals surface area (Å²) in [5.74, 6) is 1.90. The van der Waals surface area contributed by atoms with Gasteiger partial charge in [0, 0.05) is 58.0 Å². The van der Waals surface area contributed by atoms with Crippen LogP contribution in [0.2, 0.25) is 0 Å². The number of aromatic nitrogens is 4. The van der Waals surface area contributed by atoms with Gasteiger partial charge < -0.3 is 20.1 Å². The van der Waals surface area contributed by atoms with E-state index in [1.165, 1.54) is 12.8 Å². The van der Waals surface area contributed by atoms with Gasteiger partial charge in [-0.25, -0.2) is 10.1 Å². The highest BCUT2D eigenvalue weighted by molar-refractivity contribution is 5.90. The van der Waals surface area contributed by atoms with Gasteiger partial charge in [0.25, 0.3) is 5.56 Å². The zero-order valence-electron chi connectivity index (χ0n) is 21.2. The van der Waals surface area contributed by atoms with E-state index in [1.807, 2.05) is 24.3 Å². The molecule has 3 N–H and O–H groups in total. The van der Waals surface area contributed by atoms with Gasteiger partial charge >= 0.3 is 0 Å². The molecule has 0 bridgehead atoms. The Kier molecular flexibility index (Phi) is 8.44. The third-order valence-corrected chi connectivity index (χ3v) is 7.07. The average molecular weight is 509 g/mol. The van der Waals surface area contributed by atoms with Crippen LogP contribution in [0.4, 0.5) is 17.5 Å². The number of ether oxygens (including phenoxy) is 1. The Balaban J connectivity index is 1.23. The topological polar surface area (TPSA) is 123 Å². The van der Waals surface area contributed by atoms with Crippen molar-refractivity contribution in [3.05, 3.63) is 40.8 Å². The SMILES string of the molecule is O=c1[nH]ncc2nc(N3CCCCCC3)nc(Nc3ccc(OCCN4CCN(CCO)CC4)cc3)c12. The molecule has 2 aliphatic heterocycles. The zero-order valence-corrected chi connectivity index (χ0v) is 21.2. The number of nitrogens with one attached hydrogen (secondary N) is 2. The highest BCUT2D eigenvalue weighted by Gasteiger charge is 2.18. The van der Waals surface area contributed by atoms with Crippen LogP contribution >= 0.6 is 0 Å². The number of aromatic amines is 1. The zero-order chi connectivity index (χ0) is 25.5. The minimum Gasteiger partial charge on any atom is -0.492 e. The summed E-state index contributed by atoms with van der Waals surface area (Å²) in [6.07, 6.45) is 6.23. The van der Waals surface area contributed by atoms with Crippen LogP contribution in [0.15, 0.2) is 35.3 Å². The Morgan fingerprint density at radius 2 is 1.62 bits per heavy atom. The number of anilines is 3. The predicted molar refractivity (Wildman–Crippen MR) is 144 cm³/mol. The number of rotatable bonds is 9. The predicted octanol–water partition coefficient (Wildman–Crippen LogP) is 1.83. The lowest BCUT2D eigenvalue weighted by molar-refractivity contribution is 0.102. The molecule has 11 heteroatoms. The second-order valence-electron chi connectivity index (χ2n) is 9.64. The summed E-state index contributed by atoms with van der Waals surface area (Å²) >= 11 is 0. The molecule has 0 radical (unpaired) electrons. The first kappa shape index (κ1) is 25.4. The van der Waals surface area contributed by atoms with Crippen LogP contribution in [0.25, 0.3) is 10.9 Å². The van der Waals surface area contributed by atoms with Crippen LogP contribution in [-0.2, 0) is 0 Å². The van der Waals surface area contributed by atoms with E-state index in [4.69, 9.17) is 14.8 Å². The fourth-order valence-corrected chi connectivity index (χ4v) is 4.94. The number of piperazine rings is 1. The molecule has 0 unspecified atom stereocenters. The summed E-state index contributed by atoms with van der Waals surface area (Å²) in [6, 6.07) is 7.70. The Labute approximate surface area is 216 Å². The van der Waals surface area contributed by atoms with Crippen molar-refractivity contribution < 1.29 is 9.84 Å². The van der Waals surface area contributed by atoms with Crippen molar-refractivity contribution in [1.29, 1.82) is 0 Å². The molecule has 11 nitrogen and oxygen atoms in total. The molecule has 0 amide bonds. The first-order valence-corrected chi connectivity index (χ1v) is 13.3. The number of hydrogen-bond donors (Lipinski definition) is 3. The third-order valence-electron chi connectivity index (χ3n) is 7.07. The monoisotopic (exact) mass is 508 g/mol. The van der Waals surface area contributed by atoms with E-state index in [9.17, 15) is 4.79 Å². The fraction of sp³-hybridized carbons (Fsp3) is 0.538. The van der Waals surface area contributed by atoms with E-state index in [0.717, 1.165) is 76.6 Å². The molecule has 0 aliphatic carbocycles. The van der Waals surface area contributed by atoms with Crippen molar-refractivity contribution >= 4 is 28.4 Å². The van der Waals surface area contributed by atoms with Crippen LogP contribution in [0.1, 0.15) is 25.7 Å². The lowest BCUT2D eigenvalue weighted by Gasteiger charge is -2.34. The maximum Gasteiger partial charge on any atom is 0.277 e. The molecular weight excluding hydrogens is 472 g/mol. The normalized spacial score (nSPS) is 17.6. The lowest BCUT2D eigenvalue weighted by Crippen LogP contribution is -2.48. The standard InChI is InChI=1S/C26H36N8O3/c35-17-15-32-11-13-33(14-12-32)16-18-37-21-7-5-20(6-8-21)28-24-23-22(19-27-31-25(23)36)29-26(30-24)34-9-3-1-2-4-10-34/h5-8,19,35H,1-4,9-18H2,(H,31,36)(H,28,29,30).